The second-order valence-electron chi connectivity index (χ2n) is 6.75. The summed E-state index contributed by atoms with van der Waals surface area (Å²) in [6.07, 6.45) is 2.21. The fourth-order valence-electron chi connectivity index (χ4n) is 2.93. The van der Waals surface area contributed by atoms with E-state index in [1.807, 2.05) is 6.92 Å². The Kier molecular flexibility index (Phi) is 8.88. The fraction of sp³-hybridized carbons (Fsp3) is 0.650. The number of nitrogens with zero attached hydrogens (tertiary/aromatic N) is 1. The number of aliphatic imine (C=N–C) groups is 1. The van der Waals surface area contributed by atoms with Gasteiger partial charge in [0.25, 0.3) is 0 Å². The van der Waals surface area contributed by atoms with Crippen LogP contribution in [0.2, 0.25) is 0 Å². The van der Waals surface area contributed by atoms with Gasteiger partial charge in [-0.1, -0.05) is 24.3 Å². The van der Waals surface area contributed by atoms with Crippen LogP contribution in [0.3, 0.4) is 0 Å². The first-order valence-corrected chi connectivity index (χ1v) is 9.47. The minimum Gasteiger partial charge on any atom is -0.379 e. The molecule has 1 unspecified atom stereocenters. The molecule has 1 aliphatic heterocycles. The topological polar surface area (TPSA) is 64.1 Å². The highest BCUT2D eigenvalue weighted by Gasteiger charge is 2.29. The van der Waals surface area contributed by atoms with E-state index in [-0.39, 0.29) is 5.60 Å². The summed E-state index contributed by atoms with van der Waals surface area (Å²) in [7, 11) is 1.79. The van der Waals surface area contributed by atoms with Crippen molar-refractivity contribution in [3.05, 3.63) is 35.4 Å². The zero-order valence-corrected chi connectivity index (χ0v) is 16.3. The molecule has 1 fully saturated rings. The molecule has 1 aromatic rings. The molecule has 1 saturated heterocycles. The number of hydrogen-bond donors (Lipinski definition) is 2. The van der Waals surface area contributed by atoms with Gasteiger partial charge in [0.05, 0.1) is 25.4 Å². The predicted molar refractivity (Wildman–Crippen MR) is 104 cm³/mol. The van der Waals surface area contributed by atoms with Gasteiger partial charge in [0.1, 0.15) is 0 Å². The minimum atomic E-state index is -0.0869. The van der Waals surface area contributed by atoms with Crippen molar-refractivity contribution in [3.63, 3.8) is 0 Å². The van der Waals surface area contributed by atoms with Crippen molar-refractivity contribution in [2.45, 2.75) is 45.4 Å². The Balaban J connectivity index is 1.73. The Morgan fingerprint density at radius 1 is 1.23 bits per heavy atom. The molecule has 0 amide bonds. The molecule has 0 bridgehead atoms. The minimum absolute atomic E-state index is 0.0869. The van der Waals surface area contributed by atoms with Crippen LogP contribution in [0.4, 0.5) is 0 Å². The molecule has 0 aliphatic carbocycles. The van der Waals surface area contributed by atoms with Crippen LogP contribution < -0.4 is 10.6 Å². The smallest absolute Gasteiger partial charge is 0.191 e. The molecule has 1 aromatic carbocycles. The summed E-state index contributed by atoms with van der Waals surface area (Å²) in [5.74, 6) is 0.792. The monoisotopic (exact) mass is 363 g/mol. The normalized spacial score (nSPS) is 20.3. The molecule has 0 saturated carbocycles. The third-order valence-electron chi connectivity index (χ3n) is 4.45. The zero-order valence-electron chi connectivity index (χ0n) is 16.3. The molecule has 0 spiro atoms. The lowest BCUT2D eigenvalue weighted by atomic mass is 10.0. The maximum absolute atomic E-state index is 5.81. The Labute approximate surface area is 157 Å². The average Bonchev–Trinajstić information content (AvgIpc) is 3.09. The van der Waals surface area contributed by atoms with Crippen molar-refractivity contribution in [1.82, 2.24) is 10.6 Å². The van der Waals surface area contributed by atoms with Gasteiger partial charge in [0.2, 0.25) is 0 Å². The van der Waals surface area contributed by atoms with Crippen LogP contribution in [0, 0.1) is 0 Å². The first-order chi connectivity index (χ1) is 12.6. The lowest BCUT2D eigenvalue weighted by Gasteiger charge is -2.24. The van der Waals surface area contributed by atoms with E-state index in [4.69, 9.17) is 14.2 Å². The van der Waals surface area contributed by atoms with Crippen molar-refractivity contribution >= 4 is 5.96 Å². The maximum atomic E-state index is 5.81. The Morgan fingerprint density at radius 3 is 2.77 bits per heavy atom. The van der Waals surface area contributed by atoms with Gasteiger partial charge in [-0.25, -0.2) is 0 Å². The third kappa shape index (κ3) is 7.32. The van der Waals surface area contributed by atoms with Gasteiger partial charge in [0.15, 0.2) is 5.96 Å². The van der Waals surface area contributed by atoms with Crippen LogP contribution in [0.25, 0.3) is 0 Å². The van der Waals surface area contributed by atoms with E-state index in [9.17, 15) is 0 Å². The molecule has 1 aliphatic rings. The van der Waals surface area contributed by atoms with Gasteiger partial charge in [0, 0.05) is 33.4 Å². The predicted octanol–water partition coefficient (Wildman–Crippen LogP) is 2.47. The molecular formula is C20H33N3O3. The molecule has 1 atom stereocenters. The van der Waals surface area contributed by atoms with Crippen molar-refractivity contribution in [3.8, 4) is 0 Å². The molecule has 26 heavy (non-hydrogen) atoms. The summed E-state index contributed by atoms with van der Waals surface area (Å²) in [6, 6.07) is 8.39. The Hall–Kier alpha value is -1.63. The van der Waals surface area contributed by atoms with Crippen LogP contribution >= 0.6 is 0 Å². The molecule has 146 valence electrons. The molecule has 0 aromatic heterocycles. The largest absolute Gasteiger partial charge is 0.379 e. The number of hydrogen-bond acceptors (Lipinski definition) is 4. The summed E-state index contributed by atoms with van der Waals surface area (Å²) in [6.45, 7) is 9.05. The third-order valence-corrected chi connectivity index (χ3v) is 4.45. The SMILES string of the molecule is CCOCCOCc1cccc(CNC(=NC)NCC2(C)CCCO2)c1. The first-order valence-electron chi connectivity index (χ1n) is 9.47. The van der Waals surface area contributed by atoms with Crippen molar-refractivity contribution < 1.29 is 14.2 Å². The van der Waals surface area contributed by atoms with Gasteiger partial charge in [-0.2, -0.15) is 0 Å². The maximum Gasteiger partial charge on any atom is 0.191 e. The summed E-state index contributed by atoms with van der Waals surface area (Å²) in [4.78, 5) is 4.30. The molecular weight excluding hydrogens is 330 g/mol. The van der Waals surface area contributed by atoms with Crippen molar-refractivity contribution in [2.24, 2.45) is 4.99 Å². The van der Waals surface area contributed by atoms with E-state index in [1.54, 1.807) is 7.05 Å². The molecule has 0 radical (unpaired) electrons. The van der Waals surface area contributed by atoms with E-state index in [0.717, 1.165) is 44.1 Å². The number of nitrogens with one attached hydrogen (secondary N) is 2. The summed E-state index contributed by atoms with van der Waals surface area (Å²) in [5, 5.41) is 6.73. The van der Waals surface area contributed by atoms with Crippen LogP contribution in [0.1, 0.15) is 37.8 Å². The quantitative estimate of drug-likeness (QED) is 0.380. The number of ether oxygens (including phenoxy) is 3. The zero-order chi connectivity index (χ0) is 18.7. The standard InChI is InChI=1S/C20H33N3O3/c1-4-24-11-12-25-15-18-8-5-7-17(13-18)14-22-19(21-3)23-16-20(2)9-6-10-26-20/h5,7-8,13H,4,6,9-12,14-16H2,1-3H3,(H2,21,22,23). The average molecular weight is 364 g/mol. The van der Waals surface area contributed by atoms with Crippen LogP contribution in [0.5, 0.6) is 0 Å². The van der Waals surface area contributed by atoms with E-state index in [2.05, 4.69) is 46.8 Å². The van der Waals surface area contributed by atoms with Gasteiger partial charge >= 0.3 is 0 Å². The Morgan fingerprint density at radius 2 is 2.04 bits per heavy atom. The van der Waals surface area contributed by atoms with Crippen LogP contribution in [-0.4, -0.2) is 51.6 Å². The second-order valence-corrected chi connectivity index (χ2v) is 6.75. The Bertz CT molecular complexity index is 557. The lowest BCUT2D eigenvalue weighted by molar-refractivity contribution is 0.0243. The summed E-state index contributed by atoms with van der Waals surface area (Å²) < 4.78 is 16.7. The first kappa shape index (κ1) is 20.7. The molecule has 2 rings (SSSR count). The lowest BCUT2D eigenvalue weighted by Crippen LogP contribution is -2.45. The fourth-order valence-corrected chi connectivity index (χ4v) is 2.93. The van der Waals surface area contributed by atoms with Crippen molar-refractivity contribution in [2.75, 3.05) is 40.0 Å². The number of rotatable bonds is 10. The molecule has 6 heteroatoms. The van der Waals surface area contributed by atoms with E-state index in [1.165, 1.54) is 5.56 Å². The van der Waals surface area contributed by atoms with Crippen LogP contribution in [0.15, 0.2) is 29.3 Å². The van der Waals surface area contributed by atoms with E-state index in [0.29, 0.717) is 26.4 Å². The van der Waals surface area contributed by atoms with Crippen LogP contribution in [-0.2, 0) is 27.4 Å². The highest BCUT2D eigenvalue weighted by molar-refractivity contribution is 5.79. The highest BCUT2D eigenvalue weighted by Crippen LogP contribution is 2.23. The second kappa shape index (κ2) is 11.2. The molecule has 2 N–H and O–H groups in total. The van der Waals surface area contributed by atoms with Gasteiger partial charge < -0.3 is 24.8 Å². The van der Waals surface area contributed by atoms with E-state index >= 15 is 0 Å². The molecule has 6 nitrogen and oxygen atoms in total. The molecule has 1 heterocycles. The van der Waals surface area contributed by atoms with Gasteiger partial charge in [-0.05, 0) is 37.8 Å². The van der Waals surface area contributed by atoms with Crippen molar-refractivity contribution in [1.29, 1.82) is 0 Å². The number of guanidine groups is 1. The number of benzene rings is 1. The van der Waals surface area contributed by atoms with Gasteiger partial charge in [-0.3, -0.25) is 4.99 Å². The summed E-state index contributed by atoms with van der Waals surface area (Å²) in [5.41, 5.74) is 2.27. The van der Waals surface area contributed by atoms with Gasteiger partial charge in [-0.15, -0.1) is 0 Å². The highest BCUT2D eigenvalue weighted by atomic mass is 16.5. The summed E-state index contributed by atoms with van der Waals surface area (Å²) >= 11 is 0. The van der Waals surface area contributed by atoms with E-state index < -0.39 is 0 Å².